The third-order valence-corrected chi connectivity index (χ3v) is 4.64. The Labute approximate surface area is 158 Å². The standard InChI is InChI=1S/C19H25N5O3/c1-20-17-8-7-14(12-21-17)23-19(26)18(25)22-13-15(16-6-5-11-27-16)24-9-3-2-4-10-24/h5-8,11-12,15H,2-4,9-10,13H2,1H3,(H,20,21)(H,22,25)(H,23,26). The first kappa shape index (κ1) is 18.9. The third kappa shape index (κ3) is 5.07. The van der Waals surface area contributed by atoms with E-state index in [0.29, 0.717) is 18.1 Å². The van der Waals surface area contributed by atoms with Gasteiger partial charge in [-0.3, -0.25) is 14.5 Å². The first-order valence-electron chi connectivity index (χ1n) is 9.18. The molecule has 1 unspecified atom stereocenters. The van der Waals surface area contributed by atoms with Crippen molar-refractivity contribution in [3.8, 4) is 0 Å². The molecule has 1 atom stereocenters. The van der Waals surface area contributed by atoms with Crippen molar-refractivity contribution in [1.82, 2.24) is 15.2 Å². The van der Waals surface area contributed by atoms with Crippen molar-refractivity contribution in [2.75, 3.05) is 37.3 Å². The van der Waals surface area contributed by atoms with Crippen LogP contribution >= 0.6 is 0 Å². The Bertz CT molecular complexity index is 739. The first-order chi connectivity index (χ1) is 13.2. The monoisotopic (exact) mass is 371 g/mol. The molecule has 2 aromatic rings. The maximum Gasteiger partial charge on any atom is 0.313 e. The van der Waals surface area contributed by atoms with E-state index in [9.17, 15) is 9.59 Å². The summed E-state index contributed by atoms with van der Waals surface area (Å²) in [5, 5.41) is 8.17. The Morgan fingerprint density at radius 3 is 2.63 bits per heavy atom. The van der Waals surface area contributed by atoms with Gasteiger partial charge < -0.3 is 20.4 Å². The van der Waals surface area contributed by atoms with Crippen LogP contribution in [-0.4, -0.2) is 48.4 Å². The zero-order valence-electron chi connectivity index (χ0n) is 15.4. The summed E-state index contributed by atoms with van der Waals surface area (Å²) in [4.78, 5) is 30.8. The van der Waals surface area contributed by atoms with E-state index in [0.717, 1.165) is 31.7 Å². The number of carbonyl (C=O) groups is 2. The molecule has 2 amide bonds. The fourth-order valence-electron chi connectivity index (χ4n) is 3.19. The van der Waals surface area contributed by atoms with E-state index in [4.69, 9.17) is 4.42 Å². The van der Waals surface area contributed by atoms with Crippen molar-refractivity contribution in [2.45, 2.75) is 25.3 Å². The molecule has 1 saturated heterocycles. The number of furan rings is 1. The van der Waals surface area contributed by atoms with Gasteiger partial charge in [-0.05, 0) is 50.2 Å². The molecule has 0 spiro atoms. The van der Waals surface area contributed by atoms with Gasteiger partial charge in [0, 0.05) is 13.6 Å². The molecule has 27 heavy (non-hydrogen) atoms. The number of hydrogen-bond donors (Lipinski definition) is 3. The van der Waals surface area contributed by atoms with Crippen LogP contribution in [0, 0.1) is 0 Å². The van der Waals surface area contributed by atoms with Gasteiger partial charge in [0.1, 0.15) is 11.6 Å². The number of hydrogen-bond acceptors (Lipinski definition) is 6. The minimum Gasteiger partial charge on any atom is -0.468 e. The van der Waals surface area contributed by atoms with Crippen LogP contribution in [0.1, 0.15) is 31.1 Å². The highest BCUT2D eigenvalue weighted by Gasteiger charge is 2.26. The molecule has 0 aromatic carbocycles. The predicted molar refractivity (Wildman–Crippen MR) is 102 cm³/mol. The smallest absolute Gasteiger partial charge is 0.313 e. The van der Waals surface area contributed by atoms with E-state index in [1.54, 1.807) is 25.4 Å². The van der Waals surface area contributed by atoms with Crippen molar-refractivity contribution in [3.05, 3.63) is 42.5 Å². The van der Waals surface area contributed by atoms with Gasteiger partial charge in [-0.1, -0.05) is 6.42 Å². The molecule has 1 fully saturated rings. The van der Waals surface area contributed by atoms with E-state index in [2.05, 4.69) is 25.8 Å². The van der Waals surface area contributed by atoms with Crippen LogP contribution in [-0.2, 0) is 9.59 Å². The topological polar surface area (TPSA) is 99.5 Å². The Morgan fingerprint density at radius 1 is 1.19 bits per heavy atom. The molecule has 8 nitrogen and oxygen atoms in total. The fraction of sp³-hybridized carbons (Fsp3) is 0.421. The lowest BCUT2D eigenvalue weighted by atomic mass is 10.1. The van der Waals surface area contributed by atoms with Crippen LogP contribution in [0.2, 0.25) is 0 Å². The molecule has 144 valence electrons. The van der Waals surface area contributed by atoms with Gasteiger partial charge in [-0.25, -0.2) is 4.98 Å². The summed E-state index contributed by atoms with van der Waals surface area (Å²) >= 11 is 0. The predicted octanol–water partition coefficient (Wildman–Crippen LogP) is 2.00. The lowest BCUT2D eigenvalue weighted by Crippen LogP contribution is -2.43. The normalized spacial score (nSPS) is 15.7. The number of amides is 2. The van der Waals surface area contributed by atoms with Crippen LogP contribution in [0.15, 0.2) is 41.1 Å². The van der Waals surface area contributed by atoms with Crippen molar-refractivity contribution in [3.63, 3.8) is 0 Å². The summed E-state index contributed by atoms with van der Waals surface area (Å²) in [5.74, 6) is 0.0804. The minimum atomic E-state index is -0.717. The number of rotatable bonds is 6. The van der Waals surface area contributed by atoms with Crippen LogP contribution in [0.3, 0.4) is 0 Å². The van der Waals surface area contributed by atoms with Crippen molar-refractivity contribution < 1.29 is 14.0 Å². The quantitative estimate of drug-likeness (QED) is 0.672. The van der Waals surface area contributed by atoms with E-state index in [1.807, 2.05) is 12.1 Å². The first-order valence-corrected chi connectivity index (χ1v) is 9.18. The maximum atomic E-state index is 12.2. The highest BCUT2D eigenvalue weighted by molar-refractivity contribution is 6.39. The molecule has 1 aliphatic rings. The number of anilines is 2. The van der Waals surface area contributed by atoms with Gasteiger partial charge >= 0.3 is 11.8 Å². The summed E-state index contributed by atoms with van der Waals surface area (Å²) < 4.78 is 5.55. The average molecular weight is 371 g/mol. The van der Waals surface area contributed by atoms with Crippen LogP contribution < -0.4 is 16.0 Å². The summed E-state index contributed by atoms with van der Waals surface area (Å²) in [6.45, 7) is 2.23. The number of nitrogens with zero attached hydrogens (tertiary/aromatic N) is 2. The summed E-state index contributed by atoms with van der Waals surface area (Å²) in [7, 11) is 1.76. The van der Waals surface area contributed by atoms with E-state index >= 15 is 0 Å². The Hall–Kier alpha value is -2.87. The molecule has 0 bridgehead atoms. The highest BCUT2D eigenvalue weighted by Crippen LogP contribution is 2.24. The number of piperidine rings is 1. The van der Waals surface area contributed by atoms with Crippen molar-refractivity contribution >= 4 is 23.3 Å². The summed E-state index contributed by atoms with van der Waals surface area (Å²) in [6.07, 6.45) is 6.60. The molecule has 3 rings (SSSR count). The van der Waals surface area contributed by atoms with Gasteiger partial charge in [0.25, 0.3) is 0 Å². The molecular weight excluding hydrogens is 346 g/mol. The van der Waals surface area contributed by atoms with Crippen molar-refractivity contribution in [1.29, 1.82) is 0 Å². The van der Waals surface area contributed by atoms with Crippen LogP contribution in [0.4, 0.5) is 11.5 Å². The maximum absolute atomic E-state index is 12.2. The van der Waals surface area contributed by atoms with Crippen LogP contribution in [0.5, 0.6) is 0 Å². The van der Waals surface area contributed by atoms with Gasteiger partial charge in [0.2, 0.25) is 0 Å². The van der Waals surface area contributed by atoms with Gasteiger partial charge in [0.15, 0.2) is 0 Å². The largest absolute Gasteiger partial charge is 0.468 e. The molecule has 2 aromatic heterocycles. The molecule has 0 saturated carbocycles. The van der Waals surface area contributed by atoms with E-state index in [1.165, 1.54) is 12.6 Å². The number of carbonyl (C=O) groups excluding carboxylic acids is 2. The molecule has 3 N–H and O–H groups in total. The van der Waals surface area contributed by atoms with E-state index < -0.39 is 11.8 Å². The molecule has 0 aliphatic carbocycles. The van der Waals surface area contributed by atoms with Gasteiger partial charge in [0.05, 0.1) is 24.2 Å². The Morgan fingerprint density at radius 2 is 2.00 bits per heavy atom. The molecule has 3 heterocycles. The zero-order valence-corrected chi connectivity index (χ0v) is 15.4. The highest BCUT2D eigenvalue weighted by atomic mass is 16.3. The van der Waals surface area contributed by atoms with Gasteiger partial charge in [-0.2, -0.15) is 0 Å². The second kappa shape index (κ2) is 9.18. The molecule has 8 heteroatoms. The van der Waals surface area contributed by atoms with E-state index in [-0.39, 0.29) is 6.04 Å². The lowest BCUT2D eigenvalue weighted by molar-refractivity contribution is -0.136. The molecular formula is C19H25N5O3. The third-order valence-electron chi connectivity index (χ3n) is 4.64. The number of likely N-dealkylation sites (tertiary alicyclic amines) is 1. The molecule has 0 radical (unpaired) electrons. The van der Waals surface area contributed by atoms with Gasteiger partial charge in [-0.15, -0.1) is 0 Å². The lowest BCUT2D eigenvalue weighted by Gasteiger charge is -2.33. The summed E-state index contributed by atoms with van der Waals surface area (Å²) in [6, 6.07) is 7.07. The average Bonchev–Trinajstić information content (AvgIpc) is 3.24. The minimum absolute atomic E-state index is 0.0753. The molecule has 1 aliphatic heterocycles. The second-order valence-corrected chi connectivity index (χ2v) is 6.47. The zero-order chi connectivity index (χ0) is 19.1. The number of aromatic nitrogens is 1. The van der Waals surface area contributed by atoms with Crippen LogP contribution in [0.25, 0.3) is 0 Å². The SMILES string of the molecule is CNc1ccc(NC(=O)C(=O)NCC(c2ccco2)N2CCCCC2)cn1. The summed E-state index contributed by atoms with van der Waals surface area (Å²) in [5.41, 5.74) is 0.466. The Balaban J connectivity index is 1.57. The second-order valence-electron chi connectivity index (χ2n) is 6.47. The van der Waals surface area contributed by atoms with Crippen molar-refractivity contribution in [2.24, 2.45) is 0 Å². The Kier molecular flexibility index (Phi) is 6.43. The number of nitrogens with one attached hydrogen (secondary N) is 3. The number of pyridine rings is 1. The fourth-order valence-corrected chi connectivity index (χ4v) is 3.19.